The van der Waals surface area contributed by atoms with Crippen LogP contribution in [0, 0.1) is 0 Å². The highest BCUT2D eigenvalue weighted by Crippen LogP contribution is 2.25. The maximum Gasteiger partial charge on any atom is 0.119 e. The summed E-state index contributed by atoms with van der Waals surface area (Å²) in [6.45, 7) is 4.13. The van der Waals surface area contributed by atoms with E-state index < -0.39 is 0 Å². The average molecular weight is 289 g/mol. The number of ether oxygens (including phenoxy) is 1. The highest BCUT2D eigenvalue weighted by molar-refractivity contribution is 9.10. The van der Waals surface area contributed by atoms with E-state index in [1.165, 1.54) is 0 Å². The first-order valence-electron chi connectivity index (χ1n) is 5.30. The van der Waals surface area contributed by atoms with Crippen LogP contribution >= 0.6 is 15.9 Å². The maximum atomic E-state index is 5.21. The molecule has 0 aliphatic rings. The number of benzene rings is 2. The van der Waals surface area contributed by atoms with Gasteiger partial charge < -0.3 is 4.74 Å². The van der Waals surface area contributed by atoms with Crippen molar-refractivity contribution in [1.29, 1.82) is 0 Å². The quantitative estimate of drug-likeness (QED) is 0.807. The summed E-state index contributed by atoms with van der Waals surface area (Å²) in [6.07, 6.45) is 0. The fraction of sp³-hybridized carbons (Fsp3) is 0.0667. The number of hydrogen-bond acceptors (Lipinski definition) is 1. The third kappa shape index (κ3) is 2.77. The van der Waals surface area contributed by atoms with E-state index in [1.807, 2.05) is 48.5 Å². The highest BCUT2D eigenvalue weighted by atomic mass is 79.9. The van der Waals surface area contributed by atoms with Crippen LogP contribution in [0.5, 0.6) is 5.75 Å². The van der Waals surface area contributed by atoms with Gasteiger partial charge in [-0.15, -0.1) is 0 Å². The molecule has 0 aliphatic carbocycles. The highest BCUT2D eigenvalue weighted by Gasteiger charge is 2.03. The van der Waals surface area contributed by atoms with Crippen molar-refractivity contribution in [3.63, 3.8) is 0 Å². The van der Waals surface area contributed by atoms with Crippen LogP contribution in [-0.2, 0) is 0 Å². The number of rotatable bonds is 3. The van der Waals surface area contributed by atoms with E-state index in [0.717, 1.165) is 26.9 Å². The van der Waals surface area contributed by atoms with E-state index in [9.17, 15) is 0 Å². The first-order chi connectivity index (χ1) is 8.20. The van der Waals surface area contributed by atoms with Gasteiger partial charge in [-0.2, -0.15) is 0 Å². The molecule has 0 aliphatic heterocycles. The fourth-order valence-corrected chi connectivity index (χ4v) is 1.89. The molecule has 0 saturated carbocycles. The molecule has 17 heavy (non-hydrogen) atoms. The largest absolute Gasteiger partial charge is 0.497 e. The Bertz CT molecular complexity index is 529. The minimum Gasteiger partial charge on any atom is -0.497 e. The number of methoxy groups -OCH3 is 1. The minimum absolute atomic E-state index is 0.848. The summed E-state index contributed by atoms with van der Waals surface area (Å²) in [5, 5.41) is 0. The summed E-state index contributed by atoms with van der Waals surface area (Å²) in [5.41, 5.74) is 3.18. The van der Waals surface area contributed by atoms with Crippen LogP contribution in [-0.4, -0.2) is 7.11 Å². The van der Waals surface area contributed by atoms with Gasteiger partial charge in [-0.05, 0) is 41.0 Å². The molecule has 1 nitrogen and oxygen atoms in total. The normalized spacial score (nSPS) is 10.0. The van der Waals surface area contributed by atoms with Crippen LogP contribution < -0.4 is 4.74 Å². The van der Waals surface area contributed by atoms with Gasteiger partial charge in [0, 0.05) is 4.47 Å². The second-order valence-corrected chi connectivity index (χ2v) is 4.63. The van der Waals surface area contributed by atoms with Gasteiger partial charge in [0.25, 0.3) is 0 Å². The van der Waals surface area contributed by atoms with Crippen molar-refractivity contribution in [2.75, 3.05) is 7.11 Å². The zero-order chi connectivity index (χ0) is 12.3. The lowest BCUT2D eigenvalue weighted by atomic mass is 10.00. The maximum absolute atomic E-state index is 5.21. The van der Waals surface area contributed by atoms with E-state index in [0.29, 0.717) is 0 Å². The standard InChI is InChI=1S/C15H13BrO/c1-11(12-6-8-14(16)9-7-12)13-4-3-5-15(10-13)17-2/h3-10H,1H2,2H3. The first-order valence-corrected chi connectivity index (χ1v) is 6.09. The topological polar surface area (TPSA) is 9.23 Å². The molecule has 0 heterocycles. The molecule has 86 valence electrons. The van der Waals surface area contributed by atoms with E-state index in [2.05, 4.69) is 22.5 Å². The van der Waals surface area contributed by atoms with Crippen molar-refractivity contribution in [2.24, 2.45) is 0 Å². The summed E-state index contributed by atoms with van der Waals surface area (Å²) in [5.74, 6) is 0.848. The lowest BCUT2D eigenvalue weighted by Gasteiger charge is -2.08. The molecule has 0 atom stereocenters. The van der Waals surface area contributed by atoms with Gasteiger partial charge >= 0.3 is 0 Å². The molecule has 2 aromatic carbocycles. The molecule has 2 rings (SSSR count). The van der Waals surface area contributed by atoms with Gasteiger partial charge in [0.15, 0.2) is 0 Å². The summed E-state index contributed by atoms with van der Waals surface area (Å²) < 4.78 is 6.28. The van der Waals surface area contributed by atoms with Gasteiger partial charge in [0.2, 0.25) is 0 Å². The predicted octanol–water partition coefficient (Wildman–Crippen LogP) is 4.52. The van der Waals surface area contributed by atoms with Crippen LogP contribution in [0.2, 0.25) is 0 Å². The summed E-state index contributed by atoms with van der Waals surface area (Å²) in [6, 6.07) is 16.0. The van der Waals surface area contributed by atoms with Crippen LogP contribution in [0.15, 0.2) is 59.6 Å². The summed E-state index contributed by atoms with van der Waals surface area (Å²) in [7, 11) is 1.67. The van der Waals surface area contributed by atoms with Crippen molar-refractivity contribution in [1.82, 2.24) is 0 Å². The van der Waals surface area contributed by atoms with Crippen LogP contribution in [0.4, 0.5) is 0 Å². The molecule has 0 N–H and O–H groups in total. The zero-order valence-corrected chi connectivity index (χ0v) is 11.2. The zero-order valence-electron chi connectivity index (χ0n) is 9.61. The van der Waals surface area contributed by atoms with Crippen LogP contribution in [0.1, 0.15) is 11.1 Å². The molecular weight excluding hydrogens is 276 g/mol. The number of hydrogen-bond donors (Lipinski definition) is 0. The van der Waals surface area contributed by atoms with Gasteiger partial charge in [0.1, 0.15) is 5.75 Å². The van der Waals surface area contributed by atoms with Crippen molar-refractivity contribution in [3.8, 4) is 5.75 Å². The SMILES string of the molecule is C=C(c1ccc(Br)cc1)c1cccc(OC)c1. The molecule has 0 radical (unpaired) electrons. The van der Waals surface area contributed by atoms with Crippen molar-refractivity contribution in [3.05, 3.63) is 70.7 Å². The second-order valence-electron chi connectivity index (χ2n) is 3.72. The Morgan fingerprint density at radius 3 is 2.41 bits per heavy atom. The summed E-state index contributed by atoms with van der Waals surface area (Å²) >= 11 is 3.42. The molecule has 0 unspecified atom stereocenters. The minimum atomic E-state index is 0.848. The van der Waals surface area contributed by atoms with Crippen LogP contribution in [0.25, 0.3) is 5.57 Å². The first kappa shape index (κ1) is 11.9. The lowest BCUT2D eigenvalue weighted by Crippen LogP contribution is -1.88. The van der Waals surface area contributed by atoms with E-state index in [-0.39, 0.29) is 0 Å². The molecule has 0 fully saturated rings. The van der Waals surface area contributed by atoms with Crippen molar-refractivity contribution < 1.29 is 4.74 Å². The Balaban J connectivity index is 2.33. The molecule has 0 bridgehead atoms. The smallest absolute Gasteiger partial charge is 0.119 e. The Morgan fingerprint density at radius 2 is 1.76 bits per heavy atom. The van der Waals surface area contributed by atoms with E-state index in [4.69, 9.17) is 4.74 Å². The van der Waals surface area contributed by atoms with E-state index >= 15 is 0 Å². The van der Waals surface area contributed by atoms with Gasteiger partial charge in [0.05, 0.1) is 7.11 Å². The molecule has 0 amide bonds. The second kappa shape index (κ2) is 5.19. The third-order valence-electron chi connectivity index (χ3n) is 2.61. The Morgan fingerprint density at radius 1 is 1.06 bits per heavy atom. The van der Waals surface area contributed by atoms with E-state index in [1.54, 1.807) is 7.11 Å². The number of halogens is 1. The Hall–Kier alpha value is -1.54. The molecule has 2 heteroatoms. The molecule has 2 aromatic rings. The summed E-state index contributed by atoms with van der Waals surface area (Å²) in [4.78, 5) is 0. The average Bonchev–Trinajstić information content (AvgIpc) is 2.39. The van der Waals surface area contributed by atoms with Gasteiger partial charge in [-0.3, -0.25) is 0 Å². The fourth-order valence-electron chi connectivity index (χ4n) is 1.63. The monoisotopic (exact) mass is 288 g/mol. The Kier molecular flexibility index (Phi) is 3.64. The van der Waals surface area contributed by atoms with Crippen molar-refractivity contribution >= 4 is 21.5 Å². The molecule has 0 saturated heterocycles. The van der Waals surface area contributed by atoms with Gasteiger partial charge in [-0.25, -0.2) is 0 Å². The molecular formula is C15H13BrO. The predicted molar refractivity (Wildman–Crippen MR) is 75.3 cm³/mol. The van der Waals surface area contributed by atoms with Crippen molar-refractivity contribution in [2.45, 2.75) is 0 Å². The Labute approximate surface area is 110 Å². The van der Waals surface area contributed by atoms with Gasteiger partial charge in [-0.1, -0.05) is 46.8 Å². The molecule has 0 aromatic heterocycles. The van der Waals surface area contributed by atoms with Crippen LogP contribution in [0.3, 0.4) is 0 Å². The third-order valence-corrected chi connectivity index (χ3v) is 3.14. The lowest BCUT2D eigenvalue weighted by molar-refractivity contribution is 0.414. The molecule has 0 spiro atoms.